The van der Waals surface area contributed by atoms with Gasteiger partial charge in [-0.25, -0.2) is 13.8 Å². The molecular weight excluding hydrogens is 456 g/mol. The zero-order chi connectivity index (χ0) is 23.6. The third-order valence-corrected chi connectivity index (χ3v) is 5.10. The predicted molar refractivity (Wildman–Crippen MR) is 116 cm³/mol. The summed E-state index contributed by atoms with van der Waals surface area (Å²) < 4.78 is 62.8. The van der Waals surface area contributed by atoms with Crippen molar-refractivity contribution < 1.29 is 27.4 Å². The number of aliphatic hydroxyl groups excluding tert-OH is 1. The lowest BCUT2D eigenvalue weighted by molar-refractivity contribution is -0.207. The normalized spacial score (nSPS) is 14.0. The Balaban J connectivity index is 2.50. The Morgan fingerprint density at radius 1 is 1.26 bits per heavy atom. The molecule has 170 valence electrons. The number of hydrogen-bond acceptors (Lipinski definition) is 5. The number of halogens is 5. The molecule has 1 N–H and O–H groups in total. The molecule has 1 atom stereocenters. The van der Waals surface area contributed by atoms with Crippen LogP contribution in [0.2, 0.25) is 5.02 Å². The number of aryl methyl sites for hydroxylation is 1. The summed E-state index contributed by atoms with van der Waals surface area (Å²) in [4.78, 5) is 3.98. The van der Waals surface area contributed by atoms with E-state index in [1.165, 1.54) is 31.0 Å². The quantitative estimate of drug-likeness (QED) is 0.284. The summed E-state index contributed by atoms with van der Waals surface area (Å²) in [6, 6.07) is 4.76. The number of alkyl halides is 3. The Morgan fingerprint density at radius 2 is 1.90 bits per heavy atom. The second kappa shape index (κ2) is 9.75. The van der Waals surface area contributed by atoms with Crippen LogP contribution in [0.3, 0.4) is 0 Å². The second-order valence-electron chi connectivity index (χ2n) is 7.93. The number of aromatic nitrogens is 1. The number of aliphatic hydroxyl groups is 1. The van der Waals surface area contributed by atoms with Crippen molar-refractivity contribution in [2.75, 3.05) is 6.61 Å². The van der Waals surface area contributed by atoms with Gasteiger partial charge in [0.15, 0.2) is 6.10 Å². The fraction of sp³-hybridized carbons (Fsp3) is 0.429. The maximum absolute atomic E-state index is 13.6. The second-order valence-corrected chi connectivity index (χ2v) is 9.93. The van der Waals surface area contributed by atoms with Gasteiger partial charge in [0.1, 0.15) is 23.9 Å². The Hall–Kier alpha value is -1.84. The zero-order valence-corrected chi connectivity index (χ0v) is 19.2. The average Bonchev–Trinajstić information content (AvgIpc) is 2.65. The smallest absolute Gasteiger partial charge is 0.420 e. The first kappa shape index (κ1) is 25.4. The number of benzene rings is 1. The summed E-state index contributed by atoms with van der Waals surface area (Å²) in [5.74, 6) is -0.491. The summed E-state index contributed by atoms with van der Waals surface area (Å²) in [7, 11) is 0. The molecule has 1 aromatic carbocycles. The lowest BCUT2D eigenvalue weighted by atomic mass is 10.0. The lowest BCUT2D eigenvalue weighted by Crippen LogP contribution is -2.22. The highest BCUT2D eigenvalue weighted by atomic mass is 35.5. The van der Waals surface area contributed by atoms with E-state index in [4.69, 9.17) is 16.3 Å². The van der Waals surface area contributed by atoms with Crippen LogP contribution in [-0.4, -0.2) is 33.3 Å². The number of pyridine rings is 1. The Bertz CT molecular complexity index is 975. The predicted octanol–water partition coefficient (Wildman–Crippen LogP) is 6.73. The van der Waals surface area contributed by atoms with Crippen molar-refractivity contribution in [3.05, 3.63) is 46.4 Å². The van der Waals surface area contributed by atoms with Crippen LogP contribution in [0.4, 0.5) is 17.6 Å². The summed E-state index contributed by atoms with van der Waals surface area (Å²) in [5, 5.41) is 9.45. The molecule has 0 saturated heterocycles. The molecule has 0 spiro atoms. The van der Waals surface area contributed by atoms with E-state index in [0.29, 0.717) is 11.3 Å². The maximum Gasteiger partial charge on any atom is 0.420 e. The van der Waals surface area contributed by atoms with Gasteiger partial charge < -0.3 is 9.84 Å². The van der Waals surface area contributed by atoms with Crippen LogP contribution < -0.4 is 4.74 Å². The van der Waals surface area contributed by atoms with Crippen LogP contribution in [0.15, 0.2) is 28.7 Å². The molecule has 0 radical (unpaired) electrons. The van der Waals surface area contributed by atoms with Crippen molar-refractivity contribution in [2.24, 2.45) is 4.40 Å². The fourth-order valence-corrected chi connectivity index (χ4v) is 3.10. The maximum atomic E-state index is 13.6. The molecule has 0 amide bonds. The van der Waals surface area contributed by atoms with Gasteiger partial charge in [-0.3, -0.25) is 0 Å². The molecule has 2 rings (SSSR count). The van der Waals surface area contributed by atoms with E-state index in [1.807, 2.05) is 20.8 Å². The first-order valence-electron chi connectivity index (χ1n) is 9.25. The summed E-state index contributed by atoms with van der Waals surface area (Å²) in [5.41, 5.74) is 0.638. The number of rotatable bonds is 6. The molecule has 0 bridgehead atoms. The van der Waals surface area contributed by atoms with Crippen molar-refractivity contribution in [3.8, 4) is 17.0 Å². The van der Waals surface area contributed by atoms with E-state index < -0.39 is 23.8 Å². The molecule has 1 heterocycles. The molecule has 0 saturated carbocycles. The molecule has 0 aliphatic rings. The van der Waals surface area contributed by atoms with E-state index in [-0.39, 0.29) is 33.4 Å². The number of nitrogens with zero attached hydrogens (tertiary/aromatic N) is 2. The van der Waals surface area contributed by atoms with Gasteiger partial charge in [-0.05, 0) is 76.4 Å². The van der Waals surface area contributed by atoms with Crippen molar-refractivity contribution in [2.45, 2.75) is 51.6 Å². The highest BCUT2D eigenvalue weighted by Gasteiger charge is 2.41. The van der Waals surface area contributed by atoms with Crippen molar-refractivity contribution in [1.29, 1.82) is 0 Å². The van der Waals surface area contributed by atoms with Crippen LogP contribution in [-0.2, 0) is 0 Å². The molecular formula is C21H23ClF4N2O2S. The largest absolute Gasteiger partial charge is 0.485 e. The molecule has 1 aromatic heterocycles. The summed E-state index contributed by atoms with van der Waals surface area (Å²) in [6.07, 6.45) is -7.67. The summed E-state index contributed by atoms with van der Waals surface area (Å²) >= 11 is 7.22. The number of ether oxygens (including phenoxy) is 1. The molecule has 0 aliphatic carbocycles. The van der Waals surface area contributed by atoms with Gasteiger partial charge in [0.2, 0.25) is 0 Å². The van der Waals surface area contributed by atoms with Gasteiger partial charge in [0, 0.05) is 10.3 Å². The zero-order valence-electron chi connectivity index (χ0n) is 17.6. The average molecular weight is 479 g/mol. The molecule has 10 heteroatoms. The van der Waals surface area contributed by atoms with Crippen LogP contribution in [0.1, 0.15) is 45.1 Å². The Kier molecular flexibility index (Phi) is 7.99. The van der Waals surface area contributed by atoms with Crippen LogP contribution in [0, 0.1) is 12.7 Å². The molecule has 1 unspecified atom stereocenters. The Labute approximate surface area is 187 Å². The van der Waals surface area contributed by atoms with E-state index in [0.717, 1.165) is 12.1 Å². The monoisotopic (exact) mass is 478 g/mol. The summed E-state index contributed by atoms with van der Waals surface area (Å²) in [6.45, 7) is 9.38. The van der Waals surface area contributed by atoms with Crippen LogP contribution in [0.25, 0.3) is 11.3 Å². The van der Waals surface area contributed by atoms with E-state index in [1.54, 1.807) is 6.92 Å². The first-order valence-corrected chi connectivity index (χ1v) is 10.4. The first-order chi connectivity index (χ1) is 14.2. The molecule has 0 fully saturated rings. The fourth-order valence-electron chi connectivity index (χ4n) is 2.43. The molecule has 0 aliphatic heterocycles. The minimum Gasteiger partial charge on any atom is -0.485 e. The van der Waals surface area contributed by atoms with Crippen LogP contribution in [0.5, 0.6) is 5.75 Å². The van der Waals surface area contributed by atoms with Crippen molar-refractivity contribution in [1.82, 2.24) is 4.98 Å². The van der Waals surface area contributed by atoms with Crippen molar-refractivity contribution in [3.63, 3.8) is 0 Å². The minimum absolute atomic E-state index is 0.0106. The lowest BCUT2D eigenvalue weighted by Gasteiger charge is -2.19. The van der Waals surface area contributed by atoms with E-state index in [9.17, 15) is 22.7 Å². The molecule has 31 heavy (non-hydrogen) atoms. The third kappa shape index (κ3) is 7.08. The SMILES string of the molecule is C/C(COc1c(C)cc(C(O)C(F)(F)F)nc1-c1ccc(F)c(Cl)c1)=N\SC(C)(C)C. The van der Waals surface area contributed by atoms with E-state index in [2.05, 4.69) is 9.38 Å². The Morgan fingerprint density at radius 3 is 2.45 bits per heavy atom. The van der Waals surface area contributed by atoms with Gasteiger partial charge in [-0.15, -0.1) is 0 Å². The van der Waals surface area contributed by atoms with Gasteiger partial charge in [0.25, 0.3) is 0 Å². The standard InChI is InChI=1S/C21H23ClF4N2O2S/c1-11-8-16(19(29)21(24,25)26)27-17(13-6-7-15(23)14(22)9-13)18(11)30-10-12(2)28-31-20(3,4)5/h6-9,19,29H,10H2,1-5H3/b28-12+. The topological polar surface area (TPSA) is 54.7 Å². The highest BCUT2D eigenvalue weighted by molar-refractivity contribution is 7.99. The number of hydrogen-bond donors (Lipinski definition) is 1. The third-order valence-electron chi connectivity index (χ3n) is 3.86. The van der Waals surface area contributed by atoms with E-state index >= 15 is 0 Å². The molecule has 4 nitrogen and oxygen atoms in total. The van der Waals surface area contributed by atoms with Gasteiger partial charge in [0.05, 0.1) is 16.4 Å². The van der Waals surface area contributed by atoms with Crippen LogP contribution >= 0.6 is 23.5 Å². The minimum atomic E-state index is -4.90. The van der Waals surface area contributed by atoms with Crippen molar-refractivity contribution >= 4 is 29.3 Å². The molecule has 2 aromatic rings. The highest BCUT2D eigenvalue weighted by Crippen LogP contribution is 2.38. The van der Waals surface area contributed by atoms with Gasteiger partial charge >= 0.3 is 6.18 Å². The van der Waals surface area contributed by atoms with Gasteiger partial charge in [-0.2, -0.15) is 13.2 Å². The van der Waals surface area contributed by atoms with Gasteiger partial charge in [-0.1, -0.05) is 11.6 Å².